The van der Waals surface area contributed by atoms with Crippen LogP contribution < -0.4 is 4.74 Å². The molecule has 2 aromatic rings. The molecule has 0 spiro atoms. The summed E-state index contributed by atoms with van der Waals surface area (Å²) >= 11 is 0. The van der Waals surface area contributed by atoms with E-state index in [1.54, 1.807) is 13.8 Å². The minimum absolute atomic E-state index is 0.0104. The summed E-state index contributed by atoms with van der Waals surface area (Å²) in [4.78, 5) is 13.4. The van der Waals surface area contributed by atoms with Gasteiger partial charge in [0.2, 0.25) is 0 Å². The van der Waals surface area contributed by atoms with Gasteiger partial charge in [0.1, 0.15) is 5.75 Å². The highest BCUT2D eigenvalue weighted by molar-refractivity contribution is 5.94. The highest BCUT2D eigenvalue weighted by Gasteiger charge is 2.34. The van der Waals surface area contributed by atoms with Gasteiger partial charge >= 0.3 is 6.18 Å². The molecule has 0 aromatic heterocycles. The summed E-state index contributed by atoms with van der Waals surface area (Å²) in [6.07, 6.45) is -6.84. The fourth-order valence-electron chi connectivity index (χ4n) is 3.28. The van der Waals surface area contributed by atoms with E-state index in [1.807, 2.05) is 0 Å². The summed E-state index contributed by atoms with van der Waals surface area (Å²) < 4.78 is 46.2. The highest BCUT2D eigenvalue weighted by atomic mass is 19.4. The number of hydrogen-bond acceptors (Lipinski definition) is 4. The predicted octanol–water partition coefficient (Wildman–Crippen LogP) is 3.08. The van der Waals surface area contributed by atoms with Gasteiger partial charge in [-0.15, -0.1) is 0 Å². The summed E-state index contributed by atoms with van der Waals surface area (Å²) in [6, 6.07) is 9.74. The summed E-state index contributed by atoms with van der Waals surface area (Å²) in [5.74, 6) is 4.78. The molecule has 0 saturated carbocycles. The van der Waals surface area contributed by atoms with Crippen molar-refractivity contribution in [1.29, 1.82) is 0 Å². The Balaban J connectivity index is 1.95. The number of nitrogens with zero attached hydrogens (tertiary/aromatic N) is 1. The Morgan fingerprint density at radius 1 is 1.10 bits per heavy atom. The van der Waals surface area contributed by atoms with Gasteiger partial charge in [0, 0.05) is 17.0 Å². The number of amides is 1. The first-order valence-corrected chi connectivity index (χ1v) is 9.70. The zero-order valence-electron chi connectivity index (χ0n) is 17.0. The van der Waals surface area contributed by atoms with E-state index >= 15 is 0 Å². The molecule has 164 valence electrons. The SMILES string of the molecule is CC(C)Oc1cc(C#CC(=O)N2C[C@@H](O)[C@@H](O)C2)ccc1-c1ccccc1C(F)(F)F. The Bertz CT molecular complexity index is 1010. The number of aliphatic hydroxyl groups is 2. The minimum Gasteiger partial charge on any atom is -0.490 e. The van der Waals surface area contributed by atoms with Gasteiger partial charge < -0.3 is 19.8 Å². The molecule has 1 amide bonds. The second kappa shape index (κ2) is 9.00. The lowest BCUT2D eigenvalue weighted by atomic mass is 9.97. The van der Waals surface area contributed by atoms with Crippen LogP contribution in [0.25, 0.3) is 11.1 Å². The summed E-state index contributed by atoms with van der Waals surface area (Å²) in [5.41, 5.74) is -0.133. The third-order valence-electron chi connectivity index (χ3n) is 4.73. The van der Waals surface area contributed by atoms with Crippen molar-refractivity contribution in [2.75, 3.05) is 13.1 Å². The van der Waals surface area contributed by atoms with Gasteiger partial charge in [-0.2, -0.15) is 13.2 Å². The zero-order valence-corrected chi connectivity index (χ0v) is 17.0. The largest absolute Gasteiger partial charge is 0.490 e. The Labute approximate surface area is 178 Å². The van der Waals surface area contributed by atoms with E-state index < -0.39 is 29.9 Å². The maximum atomic E-state index is 13.5. The first kappa shape index (κ1) is 22.7. The van der Waals surface area contributed by atoms with E-state index in [1.165, 1.54) is 41.3 Å². The van der Waals surface area contributed by atoms with Crippen molar-refractivity contribution in [2.24, 2.45) is 0 Å². The average molecular weight is 433 g/mol. The van der Waals surface area contributed by atoms with Crippen LogP contribution in [0.1, 0.15) is 25.0 Å². The molecule has 2 atom stereocenters. The van der Waals surface area contributed by atoms with Crippen molar-refractivity contribution in [2.45, 2.75) is 38.3 Å². The lowest BCUT2D eigenvalue weighted by Gasteiger charge is -2.18. The van der Waals surface area contributed by atoms with Crippen LogP contribution in [0, 0.1) is 11.8 Å². The number of halogens is 3. The lowest BCUT2D eigenvalue weighted by Crippen LogP contribution is -2.28. The molecule has 31 heavy (non-hydrogen) atoms. The maximum absolute atomic E-state index is 13.5. The molecule has 0 bridgehead atoms. The van der Waals surface area contributed by atoms with Crippen LogP contribution in [0.3, 0.4) is 0 Å². The Morgan fingerprint density at radius 2 is 1.74 bits per heavy atom. The molecule has 0 radical (unpaired) electrons. The molecule has 1 fully saturated rings. The van der Waals surface area contributed by atoms with Crippen LogP contribution in [0.2, 0.25) is 0 Å². The summed E-state index contributed by atoms with van der Waals surface area (Å²) in [5, 5.41) is 19.1. The third kappa shape index (κ3) is 5.37. The van der Waals surface area contributed by atoms with Gasteiger partial charge in [0.05, 0.1) is 37.0 Å². The number of alkyl halides is 3. The summed E-state index contributed by atoms with van der Waals surface area (Å²) in [6.45, 7) is 3.49. The number of carbonyl (C=O) groups excluding carboxylic acids is 1. The van der Waals surface area contributed by atoms with Gasteiger partial charge in [-0.1, -0.05) is 24.1 Å². The van der Waals surface area contributed by atoms with E-state index in [-0.39, 0.29) is 36.1 Å². The second-order valence-corrected chi connectivity index (χ2v) is 7.52. The molecular formula is C23H22F3NO4. The number of β-amino-alcohol motifs (C(OH)–C–C–N with tert-alkyl or cyclic N) is 2. The normalized spacial score (nSPS) is 18.6. The molecule has 0 unspecified atom stereocenters. The first-order chi connectivity index (χ1) is 14.6. The number of hydrogen-bond donors (Lipinski definition) is 2. The monoisotopic (exact) mass is 433 g/mol. The van der Waals surface area contributed by atoms with E-state index in [0.717, 1.165) is 6.07 Å². The third-order valence-corrected chi connectivity index (χ3v) is 4.73. The van der Waals surface area contributed by atoms with Gasteiger partial charge in [0.15, 0.2) is 0 Å². The minimum atomic E-state index is -4.53. The van der Waals surface area contributed by atoms with E-state index in [4.69, 9.17) is 4.74 Å². The van der Waals surface area contributed by atoms with Crippen molar-refractivity contribution in [3.63, 3.8) is 0 Å². The predicted molar refractivity (Wildman–Crippen MR) is 108 cm³/mol. The number of aliphatic hydroxyl groups excluding tert-OH is 2. The molecular weight excluding hydrogens is 411 g/mol. The Kier molecular flexibility index (Phi) is 6.58. The van der Waals surface area contributed by atoms with Gasteiger partial charge in [0.25, 0.3) is 5.91 Å². The number of carbonyl (C=O) groups is 1. The van der Waals surface area contributed by atoms with E-state index in [2.05, 4.69) is 11.8 Å². The molecule has 8 heteroatoms. The Morgan fingerprint density at radius 3 is 2.35 bits per heavy atom. The second-order valence-electron chi connectivity index (χ2n) is 7.52. The number of rotatable bonds is 3. The maximum Gasteiger partial charge on any atom is 0.417 e. The van der Waals surface area contributed by atoms with E-state index in [9.17, 15) is 28.2 Å². The zero-order chi connectivity index (χ0) is 22.8. The van der Waals surface area contributed by atoms with Crippen molar-refractivity contribution >= 4 is 5.91 Å². The molecule has 1 saturated heterocycles. The average Bonchev–Trinajstić information content (AvgIpc) is 3.04. The molecule has 3 rings (SSSR count). The van der Waals surface area contributed by atoms with Crippen LogP contribution in [-0.2, 0) is 11.0 Å². The van der Waals surface area contributed by atoms with Crippen molar-refractivity contribution < 1.29 is 32.9 Å². The number of ether oxygens (including phenoxy) is 1. The number of benzene rings is 2. The van der Waals surface area contributed by atoms with Crippen LogP contribution >= 0.6 is 0 Å². The lowest BCUT2D eigenvalue weighted by molar-refractivity contribution is -0.137. The first-order valence-electron chi connectivity index (χ1n) is 9.70. The van der Waals surface area contributed by atoms with Crippen molar-refractivity contribution in [1.82, 2.24) is 4.90 Å². The van der Waals surface area contributed by atoms with Gasteiger partial charge in [-0.05, 0) is 43.7 Å². The molecule has 1 heterocycles. The smallest absolute Gasteiger partial charge is 0.417 e. The molecule has 1 aliphatic heterocycles. The van der Waals surface area contributed by atoms with Crippen LogP contribution in [0.4, 0.5) is 13.2 Å². The van der Waals surface area contributed by atoms with Crippen LogP contribution in [0.5, 0.6) is 5.75 Å². The molecule has 5 nitrogen and oxygen atoms in total. The van der Waals surface area contributed by atoms with Crippen molar-refractivity contribution in [3.8, 4) is 28.7 Å². The molecule has 2 N–H and O–H groups in total. The fourth-order valence-corrected chi connectivity index (χ4v) is 3.28. The summed E-state index contributed by atoms with van der Waals surface area (Å²) in [7, 11) is 0. The fraction of sp³-hybridized carbons (Fsp3) is 0.348. The van der Waals surface area contributed by atoms with Crippen LogP contribution in [-0.4, -0.2) is 52.4 Å². The van der Waals surface area contributed by atoms with Gasteiger partial charge in [-0.3, -0.25) is 4.79 Å². The highest BCUT2D eigenvalue weighted by Crippen LogP contribution is 2.40. The van der Waals surface area contributed by atoms with Crippen molar-refractivity contribution in [3.05, 3.63) is 53.6 Å². The molecule has 0 aliphatic carbocycles. The van der Waals surface area contributed by atoms with E-state index in [0.29, 0.717) is 5.56 Å². The van der Waals surface area contributed by atoms with Crippen LogP contribution in [0.15, 0.2) is 42.5 Å². The standard InChI is InChI=1S/C23H22F3NO4/c1-14(2)31-21-11-15(8-10-22(30)27-12-19(28)20(29)13-27)7-9-17(21)16-5-3-4-6-18(16)23(24,25)26/h3-7,9,11,14,19-20,28-29H,12-13H2,1-2H3/t19-,20+. The molecule has 2 aromatic carbocycles. The van der Waals surface area contributed by atoms with Gasteiger partial charge in [-0.25, -0.2) is 0 Å². The molecule has 1 aliphatic rings. The topological polar surface area (TPSA) is 70.0 Å². The Hall–Kier alpha value is -3.02. The number of likely N-dealkylation sites (tertiary alicyclic amines) is 1. The quantitative estimate of drug-likeness (QED) is 0.730.